The van der Waals surface area contributed by atoms with Gasteiger partial charge in [-0.2, -0.15) is 0 Å². The molecule has 2 aliphatic rings. The molecule has 3 heteroatoms. The lowest BCUT2D eigenvalue weighted by Gasteiger charge is -2.35. The second-order valence-electron chi connectivity index (χ2n) is 8.36. The quantitative estimate of drug-likeness (QED) is 0.817. The molecule has 2 heterocycles. The van der Waals surface area contributed by atoms with Crippen LogP contribution in [0.3, 0.4) is 0 Å². The van der Waals surface area contributed by atoms with E-state index >= 15 is 0 Å². The molecule has 0 saturated carbocycles. The predicted octanol–water partition coefficient (Wildman–Crippen LogP) is 4.12. The van der Waals surface area contributed by atoms with Crippen molar-refractivity contribution < 1.29 is 9.53 Å². The number of benzene rings is 1. The standard InChI is InChI=1S/C21H31NO2/c1-21(2,3)19-6-4-16(5-7-19)17-8-12-22(13-9-17)20(23)18-10-14-24-15-11-18/h4-7,17-18H,8-15H2,1-3H3. The maximum atomic E-state index is 12.6. The summed E-state index contributed by atoms with van der Waals surface area (Å²) in [5, 5.41) is 0. The van der Waals surface area contributed by atoms with Crippen LogP contribution in [-0.2, 0) is 14.9 Å². The highest BCUT2D eigenvalue weighted by Gasteiger charge is 2.29. The van der Waals surface area contributed by atoms with Gasteiger partial charge in [0.2, 0.25) is 5.91 Å². The summed E-state index contributed by atoms with van der Waals surface area (Å²) in [5.74, 6) is 1.15. The SMILES string of the molecule is CC(C)(C)c1ccc(C2CCN(C(=O)C3CCOCC3)CC2)cc1. The second kappa shape index (κ2) is 7.26. The smallest absolute Gasteiger partial charge is 0.225 e. The molecular formula is C21H31NO2. The first kappa shape index (κ1) is 17.5. The van der Waals surface area contributed by atoms with Gasteiger partial charge < -0.3 is 9.64 Å². The minimum absolute atomic E-state index is 0.196. The number of piperidine rings is 1. The molecule has 0 unspecified atom stereocenters. The average molecular weight is 329 g/mol. The molecule has 0 aliphatic carbocycles. The molecule has 0 N–H and O–H groups in total. The number of hydrogen-bond donors (Lipinski definition) is 0. The molecule has 0 radical (unpaired) electrons. The van der Waals surface area contributed by atoms with Crippen LogP contribution >= 0.6 is 0 Å². The molecule has 132 valence electrons. The highest BCUT2D eigenvalue weighted by Crippen LogP contribution is 2.31. The molecule has 1 aromatic carbocycles. The Kier molecular flexibility index (Phi) is 5.29. The van der Waals surface area contributed by atoms with Crippen molar-refractivity contribution in [3.05, 3.63) is 35.4 Å². The number of carbonyl (C=O) groups is 1. The zero-order valence-electron chi connectivity index (χ0n) is 15.4. The van der Waals surface area contributed by atoms with Gasteiger partial charge in [-0.3, -0.25) is 4.79 Å². The lowest BCUT2D eigenvalue weighted by molar-refractivity contribution is -0.139. The Morgan fingerprint density at radius 2 is 1.58 bits per heavy atom. The molecule has 1 amide bonds. The van der Waals surface area contributed by atoms with Gasteiger partial charge in [0.1, 0.15) is 0 Å². The summed E-state index contributed by atoms with van der Waals surface area (Å²) in [6, 6.07) is 9.13. The predicted molar refractivity (Wildman–Crippen MR) is 97.2 cm³/mol. The Labute approximate surface area is 146 Å². The highest BCUT2D eigenvalue weighted by atomic mass is 16.5. The van der Waals surface area contributed by atoms with Crippen LogP contribution in [0.4, 0.5) is 0 Å². The summed E-state index contributed by atoms with van der Waals surface area (Å²) in [6.07, 6.45) is 3.97. The van der Waals surface area contributed by atoms with Crippen molar-refractivity contribution in [2.24, 2.45) is 5.92 Å². The summed E-state index contributed by atoms with van der Waals surface area (Å²) in [7, 11) is 0. The first-order chi connectivity index (χ1) is 11.4. The molecule has 1 aromatic rings. The Bertz CT molecular complexity index is 544. The zero-order chi connectivity index (χ0) is 17.2. The number of ether oxygens (including phenoxy) is 1. The van der Waals surface area contributed by atoms with E-state index in [4.69, 9.17) is 4.74 Å². The van der Waals surface area contributed by atoms with E-state index in [1.807, 2.05) is 0 Å². The van der Waals surface area contributed by atoms with E-state index in [0.717, 1.165) is 52.0 Å². The van der Waals surface area contributed by atoms with Gasteiger partial charge in [0.15, 0.2) is 0 Å². The first-order valence-corrected chi connectivity index (χ1v) is 9.42. The second-order valence-corrected chi connectivity index (χ2v) is 8.36. The van der Waals surface area contributed by atoms with Crippen LogP contribution in [0.1, 0.15) is 63.5 Å². The fraction of sp³-hybridized carbons (Fsp3) is 0.667. The van der Waals surface area contributed by atoms with Gasteiger partial charge in [0, 0.05) is 32.2 Å². The van der Waals surface area contributed by atoms with E-state index in [-0.39, 0.29) is 11.3 Å². The topological polar surface area (TPSA) is 29.5 Å². The van der Waals surface area contributed by atoms with E-state index in [0.29, 0.717) is 11.8 Å². The third kappa shape index (κ3) is 4.00. The normalized spacial score (nSPS) is 21.0. The van der Waals surface area contributed by atoms with Crippen molar-refractivity contribution in [2.75, 3.05) is 26.3 Å². The van der Waals surface area contributed by atoms with Crippen LogP contribution in [0.2, 0.25) is 0 Å². The minimum Gasteiger partial charge on any atom is -0.381 e. The van der Waals surface area contributed by atoms with Gasteiger partial charge >= 0.3 is 0 Å². The van der Waals surface area contributed by atoms with E-state index in [2.05, 4.69) is 49.9 Å². The molecule has 2 aliphatic heterocycles. The molecule has 0 aromatic heterocycles. The Morgan fingerprint density at radius 1 is 1.00 bits per heavy atom. The van der Waals surface area contributed by atoms with Gasteiger partial charge in [-0.25, -0.2) is 0 Å². The third-order valence-electron chi connectivity index (χ3n) is 5.63. The highest BCUT2D eigenvalue weighted by molar-refractivity contribution is 5.79. The fourth-order valence-electron chi connectivity index (χ4n) is 3.89. The summed E-state index contributed by atoms with van der Waals surface area (Å²) in [4.78, 5) is 14.7. The lowest BCUT2D eigenvalue weighted by Crippen LogP contribution is -2.42. The molecule has 2 saturated heterocycles. The van der Waals surface area contributed by atoms with Crippen LogP contribution in [0.15, 0.2) is 24.3 Å². The third-order valence-corrected chi connectivity index (χ3v) is 5.63. The zero-order valence-corrected chi connectivity index (χ0v) is 15.4. The van der Waals surface area contributed by atoms with Crippen molar-refractivity contribution in [1.29, 1.82) is 0 Å². The largest absolute Gasteiger partial charge is 0.381 e. The van der Waals surface area contributed by atoms with Gasteiger partial charge in [-0.1, -0.05) is 45.0 Å². The van der Waals surface area contributed by atoms with Crippen molar-refractivity contribution in [2.45, 2.75) is 57.8 Å². The Morgan fingerprint density at radius 3 is 2.12 bits per heavy atom. The Balaban J connectivity index is 1.55. The molecule has 24 heavy (non-hydrogen) atoms. The van der Waals surface area contributed by atoms with Gasteiger partial charge in [0.05, 0.1) is 0 Å². The minimum atomic E-state index is 0.196. The lowest BCUT2D eigenvalue weighted by atomic mass is 9.83. The number of rotatable bonds is 2. The summed E-state index contributed by atoms with van der Waals surface area (Å²) in [5.41, 5.74) is 3.03. The summed E-state index contributed by atoms with van der Waals surface area (Å²) >= 11 is 0. The molecule has 3 rings (SSSR count). The monoisotopic (exact) mass is 329 g/mol. The fourth-order valence-corrected chi connectivity index (χ4v) is 3.89. The first-order valence-electron chi connectivity index (χ1n) is 9.42. The summed E-state index contributed by atoms with van der Waals surface area (Å²) < 4.78 is 5.37. The average Bonchev–Trinajstić information content (AvgIpc) is 2.61. The molecular weight excluding hydrogens is 298 g/mol. The van der Waals surface area contributed by atoms with Crippen molar-refractivity contribution >= 4 is 5.91 Å². The molecule has 2 fully saturated rings. The van der Waals surface area contributed by atoms with Crippen LogP contribution in [-0.4, -0.2) is 37.1 Å². The molecule has 0 atom stereocenters. The van der Waals surface area contributed by atoms with Crippen LogP contribution in [0.25, 0.3) is 0 Å². The van der Waals surface area contributed by atoms with Gasteiger partial charge in [-0.15, -0.1) is 0 Å². The van der Waals surface area contributed by atoms with Gasteiger partial charge in [-0.05, 0) is 48.1 Å². The van der Waals surface area contributed by atoms with Crippen LogP contribution in [0.5, 0.6) is 0 Å². The van der Waals surface area contributed by atoms with Crippen molar-refractivity contribution in [1.82, 2.24) is 4.90 Å². The number of nitrogens with zero attached hydrogens (tertiary/aromatic N) is 1. The van der Waals surface area contributed by atoms with E-state index in [1.54, 1.807) is 0 Å². The van der Waals surface area contributed by atoms with Gasteiger partial charge in [0.25, 0.3) is 0 Å². The summed E-state index contributed by atoms with van der Waals surface area (Å²) in [6.45, 7) is 10.1. The molecule has 3 nitrogen and oxygen atoms in total. The number of amides is 1. The Hall–Kier alpha value is -1.35. The van der Waals surface area contributed by atoms with Crippen molar-refractivity contribution in [3.8, 4) is 0 Å². The number of likely N-dealkylation sites (tertiary alicyclic amines) is 1. The van der Waals surface area contributed by atoms with Crippen LogP contribution < -0.4 is 0 Å². The molecule has 0 spiro atoms. The van der Waals surface area contributed by atoms with E-state index in [1.165, 1.54) is 11.1 Å². The number of hydrogen-bond acceptors (Lipinski definition) is 2. The maximum absolute atomic E-state index is 12.6. The van der Waals surface area contributed by atoms with E-state index < -0.39 is 0 Å². The molecule has 0 bridgehead atoms. The van der Waals surface area contributed by atoms with Crippen LogP contribution in [0, 0.1) is 5.92 Å². The van der Waals surface area contributed by atoms with E-state index in [9.17, 15) is 4.79 Å². The maximum Gasteiger partial charge on any atom is 0.225 e. The number of carbonyl (C=O) groups excluding carboxylic acids is 1. The van der Waals surface area contributed by atoms with Crippen molar-refractivity contribution in [3.63, 3.8) is 0 Å².